The van der Waals surface area contributed by atoms with Gasteiger partial charge in [-0.05, 0) is 34.5 Å². The molecule has 0 aliphatic carbocycles. The van der Waals surface area contributed by atoms with E-state index in [0.29, 0.717) is 28.7 Å². The zero-order valence-electron chi connectivity index (χ0n) is 17.8. The van der Waals surface area contributed by atoms with Crippen LogP contribution in [0, 0.1) is 5.41 Å². The largest absolute Gasteiger partial charge is 0.493 e. The summed E-state index contributed by atoms with van der Waals surface area (Å²) < 4.78 is 18.8. The van der Waals surface area contributed by atoms with Gasteiger partial charge in [-0.1, -0.05) is 36.4 Å². The average molecular weight is 429 g/mol. The molecule has 2 heterocycles. The highest BCUT2D eigenvalue weighted by molar-refractivity contribution is 5.90. The normalized spacial score (nSPS) is 14.4. The van der Waals surface area contributed by atoms with Crippen LogP contribution in [0.1, 0.15) is 22.6 Å². The van der Waals surface area contributed by atoms with E-state index in [4.69, 9.17) is 19.6 Å². The summed E-state index contributed by atoms with van der Waals surface area (Å²) in [5.74, 6) is 2.04. The number of aliphatic hydroxyl groups is 1. The predicted molar refractivity (Wildman–Crippen MR) is 120 cm³/mol. The summed E-state index contributed by atoms with van der Waals surface area (Å²) in [5, 5.41) is 20.5. The third kappa shape index (κ3) is 3.09. The molecule has 0 saturated heterocycles. The molecule has 0 spiro atoms. The maximum absolute atomic E-state index is 9.46. The number of hydrogen-bond donors (Lipinski definition) is 2. The van der Waals surface area contributed by atoms with E-state index >= 15 is 0 Å². The van der Waals surface area contributed by atoms with Crippen molar-refractivity contribution in [1.82, 2.24) is 9.55 Å². The van der Waals surface area contributed by atoms with Crippen molar-refractivity contribution < 1.29 is 19.3 Å². The highest BCUT2D eigenvalue weighted by Crippen LogP contribution is 2.48. The standard InChI is InChI=1S/C25H23N3O4/c1-30-18-9-8-16(13-20(18)31-2)21-22-17-6-4-3-5-15(17)7-10-19(22)32-25-23(21)24(26)28(11-12-29)14-27-25/h3-10,13-14,21,26,29H,11-12H2,1-2H3/t21-/m1/s1. The lowest BCUT2D eigenvalue weighted by molar-refractivity contribution is 0.271. The number of aliphatic hydroxyl groups excluding tert-OH is 1. The van der Waals surface area contributed by atoms with E-state index in [-0.39, 0.29) is 24.6 Å². The van der Waals surface area contributed by atoms with Crippen LogP contribution in [-0.2, 0) is 6.54 Å². The molecule has 3 aromatic carbocycles. The maximum atomic E-state index is 9.46. The molecule has 1 aliphatic rings. The topological polar surface area (TPSA) is 89.6 Å². The molecule has 0 bridgehead atoms. The van der Waals surface area contributed by atoms with E-state index in [0.717, 1.165) is 21.9 Å². The van der Waals surface area contributed by atoms with Crippen LogP contribution in [-0.4, -0.2) is 35.5 Å². The third-order valence-electron chi connectivity index (χ3n) is 5.88. The smallest absolute Gasteiger partial charge is 0.228 e. The monoisotopic (exact) mass is 429 g/mol. The van der Waals surface area contributed by atoms with E-state index < -0.39 is 0 Å². The average Bonchev–Trinajstić information content (AvgIpc) is 2.84. The lowest BCUT2D eigenvalue weighted by Gasteiger charge is -2.30. The molecule has 7 heteroatoms. The molecular weight excluding hydrogens is 406 g/mol. The number of hydrogen-bond acceptors (Lipinski definition) is 6. The lowest BCUT2D eigenvalue weighted by Crippen LogP contribution is -2.30. The highest BCUT2D eigenvalue weighted by atomic mass is 16.5. The van der Waals surface area contributed by atoms with Gasteiger partial charge in [0.15, 0.2) is 11.5 Å². The van der Waals surface area contributed by atoms with Crippen molar-refractivity contribution in [2.75, 3.05) is 20.8 Å². The highest BCUT2D eigenvalue weighted by Gasteiger charge is 2.34. The number of rotatable bonds is 5. The first-order valence-corrected chi connectivity index (χ1v) is 10.3. The summed E-state index contributed by atoms with van der Waals surface area (Å²) >= 11 is 0. The minimum absolute atomic E-state index is 0.0849. The van der Waals surface area contributed by atoms with Gasteiger partial charge < -0.3 is 23.9 Å². The Morgan fingerprint density at radius 3 is 2.62 bits per heavy atom. The molecule has 2 N–H and O–H groups in total. The van der Waals surface area contributed by atoms with Crippen molar-refractivity contribution in [3.63, 3.8) is 0 Å². The minimum Gasteiger partial charge on any atom is -0.493 e. The molecule has 1 atom stereocenters. The molecular formula is C25H23N3O4. The van der Waals surface area contributed by atoms with Crippen molar-refractivity contribution in [3.8, 4) is 23.1 Å². The first kappa shape index (κ1) is 20.1. The molecule has 32 heavy (non-hydrogen) atoms. The Morgan fingerprint density at radius 2 is 1.84 bits per heavy atom. The molecule has 4 aromatic rings. The Labute approximate surface area is 185 Å². The number of methoxy groups -OCH3 is 2. The SMILES string of the molecule is COc1ccc([C@H]2c3c(ncn(CCO)c3=N)Oc3ccc4ccccc4c32)cc1OC. The van der Waals surface area contributed by atoms with Gasteiger partial charge in [-0.25, -0.2) is 4.98 Å². The first-order valence-electron chi connectivity index (χ1n) is 10.3. The molecule has 5 rings (SSSR count). The number of fused-ring (bicyclic) bond motifs is 4. The summed E-state index contributed by atoms with van der Waals surface area (Å²) in [5.41, 5.74) is 2.81. The Kier molecular flexibility index (Phi) is 5.03. The Bertz CT molecular complexity index is 1380. The van der Waals surface area contributed by atoms with Crippen molar-refractivity contribution >= 4 is 10.8 Å². The molecule has 162 valence electrons. The fraction of sp³-hybridized carbons (Fsp3) is 0.200. The molecule has 0 radical (unpaired) electrons. The van der Waals surface area contributed by atoms with Crippen LogP contribution in [0.4, 0.5) is 0 Å². The summed E-state index contributed by atoms with van der Waals surface area (Å²) in [6, 6.07) is 17.9. The molecule has 0 amide bonds. The molecule has 0 saturated carbocycles. The van der Waals surface area contributed by atoms with Crippen LogP contribution in [0.15, 0.2) is 60.9 Å². The van der Waals surface area contributed by atoms with Crippen LogP contribution >= 0.6 is 0 Å². The van der Waals surface area contributed by atoms with E-state index in [1.165, 1.54) is 6.33 Å². The van der Waals surface area contributed by atoms with E-state index in [9.17, 15) is 5.11 Å². The molecule has 0 fully saturated rings. The molecule has 1 aliphatic heterocycles. The summed E-state index contributed by atoms with van der Waals surface area (Å²) in [7, 11) is 3.21. The van der Waals surface area contributed by atoms with Crippen molar-refractivity contribution in [2.24, 2.45) is 0 Å². The van der Waals surface area contributed by atoms with Gasteiger partial charge in [-0.2, -0.15) is 0 Å². The van der Waals surface area contributed by atoms with E-state index in [1.54, 1.807) is 18.8 Å². The lowest BCUT2D eigenvalue weighted by atomic mass is 9.81. The molecule has 0 unspecified atom stereocenters. The number of nitrogens with zero attached hydrogens (tertiary/aromatic N) is 2. The zero-order valence-corrected chi connectivity index (χ0v) is 17.8. The van der Waals surface area contributed by atoms with Gasteiger partial charge in [0.1, 0.15) is 17.6 Å². The van der Waals surface area contributed by atoms with Gasteiger partial charge >= 0.3 is 0 Å². The van der Waals surface area contributed by atoms with Crippen LogP contribution in [0.3, 0.4) is 0 Å². The number of ether oxygens (including phenoxy) is 3. The number of nitrogens with one attached hydrogen (secondary N) is 1. The zero-order chi connectivity index (χ0) is 22.2. The van der Waals surface area contributed by atoms with Crippen LogP contribution in [0.2, 0.25) is 0 Å². The quantitative estimate of drug-likeness (QED) is 0.443. The van der Waals surface area contributed by atoms with Gasteiger partial charge in [0.2, 0.25) is 5.88 Å². The van der Waals surface area contributed by atoms with Crippen LogP contribution in [0.25, 0.3) is 10.8 Å². The number of benzene rings is 3. The van der Waals surface area contributed by atoms with Crippen molar-refractivity contribution in [2.45, 2.75) is 12.5 Å². The van der Waals surface area contributed by atoms with Crippen LogP contribution < -0.4 is 19.7 Å². The second-order valence-electron chi connectivity index (χ2n) is 7.58. The van der Waals surface area contributed by atoms with Crippen molar-refractivity contribution in [3.05, 3.63) is 83.1 Å². The maximum Gasteiger partial charge on any atom is 0.228 e. The summed E-state index contributed by atoms with van der Waals surface area (Å²) in [6.45, 7) is 0.193. The predicted octanol–water partition coefficient (Wildman–Crippen LogP) is 3.81. The summed E-state index contributed by atoms with van der Waals surface area (Å²) in [4.78, 5) is 4.48. The summed E-state index contributed by atoms with van der Waals surface area (Å²) in [6.07, 6.45) is 1.54. The second kappa shape index (κ2) is 8.01. The van der Waals surface area contributed by atoms with Crippen molar-refractivity contribution in [1.29, 1.82) is 5.41 Å². The first-order chi connectivity index (χ1) is 15.7. The van der Waals surface area contributed by atoms with E-state index in [1.807, 2.05) is 42.5 Å². The van der Waals surface area contributed by atoms with Gasteiger partial charge in [0.25, 0.3) is 0 Å². The van der Waals surface area contributed by atoms with E-state index in [2.05, 4.69) is 17.1 Å². The third-order valence-corrected chi connectivity index (χ3v) is 5.88. The Balaban J connectivity index is 1.84. The van der Waals surface area contributed by atoms with Gasteiger partial charge in [-0.15, -0.1) is 0 Å². The number of aromatic nitrogens is 2. The fourth-order valence-electron chi connectivity index (χ4n) is 4.40. The van der Waals surface area contributed by atoms with Gasteiger partial charge in [0.05, 0.1) is 26.4 Å². The van der Waals surface area contributed by atoms with Gasteiger partial charge in [0, 0.05) is 18.0 Å². The molecule has 7 nitrogen and oxygen atoms in total. The molecule has 1 aromatic heterocycles. The fourth-order valence-corrected chi connectivity index (χ4v) is 4.40. The second-order valence-corrected chi connectivity index (χ2v) is 7.58. The minimum atomic E-state index is -0.314. The Hall–Kier alpha value is -3.84. The van der Waals surface area contributed by atoms with Gasteiger partial charge in [-0.3, -0.25) is 5.41 Å². The Morgan fingerprint density at radius 1 is 1.03 bits per heavy atom. The van der Waals surface area contributed by atoms with Crippen LogP contribution in [0.5, 0.6) is 23.1 Å².